The standard InChI is InChI=1S/C16H19NO4.C6H11N.C3H8/c1-10(2)9-21-16-8-13-6-14(17(18)19)11(3)5-12(13)7-15(16)20-4;1-2-7-5-3-4-6-7;1-3-2/h5-8,10H,9H2,1-4H3;2H,1,3-6H2;3H2,1-2H3. The number of likely N-dealkylation sites (tertiary alicyclic amines) is 1. The first kappa shape index (κ1) is 26.3. The van der Waals surface area contributed by atoms with E-state index in [1.807, 2.05) is 12.3 Å². The molecule has 31 heavy (non-hydrogen) atoms. The van der Waals surface area contributed by atoms with Crippen LogP contribution in [0.5, 0.6) is 11.5 Å². The van der Waals surface area contributed by atoms with E-state index in [4.69, 9.17) is 9.47 Å². The Hall–Kier alpha value is -2.76. The number of aryl methyl sites for hydroxylation is 1. The first-order chi connectivity index (χ1) is 14.8. The predicted molar refractivity (Wildman–Crippen MR) is 129 cm³/mol. The zero-order chi connectivity index (χ0) is 23.4. The molecule has 2 aromatic carbocycles. The van der Waals surface area contributed by atoms with Crippen LogP contribution in [0.1, 0.15) is 52.5 Å². The monoisotopic (exact) mass is 430 g/mol. The fourth-order valence-corrected chi connectivity index (χ4v) is 3.06. The quantitative estimate of drug-likeness (QED) is 0.375. The van der Waals surface area contributed by atoms with Crippen molar-refractivity contribution in [1.29, 1.82) is 0 Å². The van der Waals surface area contributed by atoms with E-state index in [1.54, 1.807) is 32.2 Å². The zero-order valence-corrected chi connectivity index (χ0v) is 19.9. The molecule has 0 spiro atoms. The lowest BCUT2D eigenvalue weighted by Gasteiger charge is -2.14. The number of nitro groups is 1. The predicted octanol–water partition coefficient (Wildman–Crippen LogP) is 6.74. The van der Waals surface area contributed by atoms with E-state index in [0.29, 0.717) is 29.6 Å². The van der Waals surface area contributed by atoms with Crippen LogP contribution in [0.15, 0.2) is 37.0 Å². The van der Waals surface area contributed by atoms with Crippen LogP contribution in [0.4, 0.5) is 5.69 Å². The maximum Gasteiger partial charge on any atom is 0.272 e. The molecule has 0 aliphatic carbocycles. The maximum atomic E-state index is 11.0. The Labute approximate surface area is 187 Å². The van der Waals surface area contributed by atoms with Crippen molar-refractivity contribution in [2.24, 2.45) is 5.92 Å². The van der Waals surface area contributed by atoms with E-state index in [9.17, 15) is 10.1 Å². The van der Waals surface area contributed by atoms with Gasteiger partial charge in [0.1, 0.15) is 0 Å². The molecule has 172 valence electrons. The molecule has 1 heterocycles. The van der Waals surface area contributed by atoms with Crippen molar-refractivity contribution >= 4 is 16.5 Å². The van der Waals surface area contributed by atoms with E-state index in [0.717, 1.165) is 10.8 Å². The largest absolute Gasteiger partial charge is 0.493 e. The van der Waals surface area contributed by atoms with Crippen molar-refractivity contribution < 1.29 is 14.4 Å². The number of benzene rings is 2. The van der Waals surface area contributed by atoms with Crippen LogP contribution >= 0.6 is 0 Å². The lowest BCUT2D eigenvalue weighted by molar-refractivity contribution is -0.385. The summed E-state index contributed by atoms with van der Waals surface area (Å²) >= 11 is 0. The van der Waals surface area contributed by atoms with Gasteiger partial charge in [0, 0.05) is 24.7 Å². The van der Waals surface area contributed by atoms with Gasteiger partial charge in [-0.3, -0.25) is 10.1 Å². The van der Waals surface area contributed by atoms with E-state index < -0.39 is 0 Å². The molecule has 0 aromatic heterocycles. The normalized spacial score (nSPS) is 12.5. The SMILES string of the molecule is C=CN1CCCC1.CCC.COc1cc2cc(C)c([N+](=O)[O-])cc2cc1OCC(C)C. The number of fused-ring (bicyclic) bond motifs is 1. The number of rotatable bonds is 6. The summed E-state index contributed by atoms with van der Waals surface area (Å²) in [5.74, 6) is 1.63. The van der Waals surface area contributed by atoms with Crippen molar-refractivity contribution in [2.75, 3.05) is 26.8 Å². The second-order valence-electron chi connectivity index (χ2n) is 8.08. The van der Waals surface area contributed by atoms with Gasteiger partial charge in [0.2, 0.25) is 0 Å². The summed E-state index contributed by atoms with van der Waals surface area (Å²) in [6.45, 7) is 16.8. The molecule has 0 amide bonds. The lowest BCUT2D eigenvalue weighted by Crippen LogP contribution is -2.08. The van der Waals surface area contributed by atoms with Gasteiger partial charge in [-0.25, -0.2) is 0 Å². The van der Waals surface area contributed by atoms with Crippen LogP contribution in [0, 0.1) is 23.0 Å². The highest BCUT2D eigenvalue weighted by Crippen LogP contribution is 2.35. The van der Waals surface area contributed by atoms with Gasteiger partial charge in [0.15, 0.2) is 11.5 Å². The second kappa shape index (κ2) is 13.5. The van der Waals surface area contributed by atoms with Crippen molar-refractivity contribution in [2.45, 2.75) is 53.9 Å². The summed E-state index contributed by atoms with van der Waals surface area (Å²) in [6.07, 6.45) is 5.88. The molecule has 0 atom stereocenters. The average molecular weight is 431 g/mol. The number of nitrogens with zero attached hydrogens (tertiary/aromatic N) is 2. The van der Waals surface area contributed by atoms with Crippen LogP contribution in [-0.4, -0.2) is 36.6 Å². The Morgan fingerprint density at radius 2 is 1.68 bits per heavy atom. The van der Waals surface area contributed by atoms with Gasteiger partial charge in [0.25, 0.3) is 5.69 Å². The Morgan fingerprint density at radius 1 is 1.13 bits per heavy atom. The first-order valence-corrected chi connectivity index (χ1v) is 11.0. The fourth-order valence-electron chi connectivity index (χ4n) is 3.06. The number of methoxy groups -OCH3 is 1. The molecular weight excluding hydrogens is 392 g/mol. The smallest absolute Gasteiger partial charge is 0.272 e. The van der Waals surface area contributed by atoms with Crippen molar-refractivity contribution in [3.63, 3.8) is 0 Å². The third kappa shape index (κ3) is 8.48. The Balaban J connectivity index is 0.000000397. The molecule has 2 aromatic rings. The molecule has 1 fully saturated rings. The van der Waals surface area contributed by atoms with Gasteiger partial charge in [0.05, 0.1) is 18.6 Å². The van der Waals surface area contributed by atoms with E-state index in [1.165, 1.54) is 32.4 Å². The van der Waals surface area contributed by atoms with E-state index in [-0.39, 0.29) is 10.6 Å². The number of ether oxygens (including phenoxy) is 2. The highest BCUT2D eigenvalue weighted by molar-refractivity contribution is 5.89. The van der Waals surface area contributed by atoms with Gasteiger partial charge < -0.3 is 14.4 Å². The molecular formula is C25H38N2O4. The van der Waals surface area contributed by atoms with Crippen LogP contribution in [-0.2, 0) is 0 Å². The Kier molecular flexibility index (Phi) is 11.5. The first-order valence-electron chi connectivity index (χ1n) is 11.0. The van der Waals surface area contributed by atoms with Crippen molar-refractivity contribution in [1.82, 2.24) is 4.90 Å². The molecule has 0 unspecified atom stereocenters. The molecule has 0 radical (unpaired) electrons. The average Bonchev–Trinajstić information content (AvgIpc) is 3.26. The molecule has 1 saturated heterocycles. The molecule has 6 heteroatoms. The van der Waals surface area contributed by atoms with E-state index in [2.05, 4.69) is 39.2 Å². The van der Waals surface area contributed by atoms with Crippen LogP contribution in [0.3, 0.4) is 0 Å². The summed E-state index contributed by atoms with van der Waals surface area (Å²) in [5, 5.41) is 12.7. The van der Waals surface area contributed by atoms with Gasteiger partial charge in [-0.2, -0.15) is 0 Å². The van der Waals surface area contributed by atoms with Gasteiger partial charge in [-0.05, 0) is 60.9 Å². The van der Waals surface area contributed by atoms with Gasteiger partial charge in [-0.1, -0.05) is 40.7 Å². The van der Waals surface area contributed by atoms with Crippen LogP contribution < -0.4 is 9.47 Å². The molecule has 3 rings (SSSR count). The number of hydrogen-bond acceptors (Lipinski definition) is 5. The molecule has 1 aliphatic heterocycles. The van der Waals surface area contributed by atoms with Gasteiger partial charge >= 0.3 is 0 Å². The van der Waals surface area contributed by atoms with Crippen LogP contribution in [0.2, 0.25) is 0 Å². The maximum absolute atomic E-state index is 11.0. The second-order valence-corrected chi connectivity index (χ2v) is 8.08. The molecule has 1 aliphatic rings. The number of hydrogen-bond donors (Lipinski definition) is 0. The highest BCUT2D eigenvalue weighted by Gasteiger charge is 2.14. The summed E-state index contributed by atoms with van der Waals surface area (Å²) in [7, 11) is 1.58. The molecule has 0 saturated carbocycles. The Morgan fingerprint density at radius 3 is 2.13 bits per heavy atom. The van der Waals surface area contributed by atoms with Gasteiger partial charge in [-0.15, -0.1) is 0 Å². The topological polar surface area (TPSA) is 64.8 Å². The van der Waals surface area contributed by atoms with Crippen molar-refractivity contribution in [3.8, 4) is 11.5 Å². The third-order valence-electron chi connectivity index (χ3n) is 4.61. The molecule has 0 bridgehead atoms. The molecule has 6 nitrogen and oxygen atoms in total. The zero-order valence-electron chi connectivity index (χ0n) is 19.9. The summed E-state index contributed by atoms with van der Waals surface area (Å²) in [6, 6.07) is 7.01. The summed E-state index contributed by atoms with van der Waals surface area (Å²) in [4.78, 5) is 12.9. The molecule has 0 N–H and O–H groups in total. The fraction of sp³-hybridized carbons (Fsp3) is 0.520. The van der Waals surface area contributed by atoms with E-state index >= 15 is 0 Å². The lowest BCUT2D eigenvalue weighted by atomic mass is 10.0. The minimum absolute atomic E-state index is 0.113. The summed E-state index contributed by atoms with van der Waals surface area (Å²) in [5.41, 5.74) is 0.743. The number of nitro benzene ring substituents is 1. The summed E-state index contributed by atoms with van der Waals surface area (Å²) < 4.78 is 11.1. The minimum atomic E-state index is -0.367. The van der Waals surface area contributed by atoms with Crippen LogP contribution in [0.25, 0.3) is 10.8 Å². The third-order valence-corrected chi connectivity index (χ3v) is 4.61. The Bertz CT molecular complexity index is 843. The van der Waals surface area contributed by atoms with Crippen molar-refractivity contribution in [3.05, 3.63) is 52.7 Å². The highest BCUT2D eigenvalue weighted by atomic mass is 16.6. The minimum Gasteiger partial charge on any atom is -0.493 e.